The van der Waals surface area contributed by atoms with Crippen molar-refractivity contribution in [3.05, 3.63) is 46.3 Å². The van der Waals surface area contributed by atoms with Crippen LogP contribution in [0, 0.1) is 11.8 Å². The first kappa shape index (κ1) is 28.8. The number of thiophene rings is 1. The van der Waals surface area contributed by atoms with Crippen molar-refractivity contribution in [3.63, 3.8) is 0 Å². The van der Waals surface area contributed by atoms with Crippen molar-refractivity contribution >= 4 is 44.2 Å². The average molecular weight is 551 g/mol. The third kappa shape index (κ3) is 6.97. The van der Waals surface area contributed by atoms with Crippen LogP contribution in [0.5, 0.6) is 0 Å². The van der Waals surface area contributed by atoms with E-state index in [0.29, 0.717) is 16.5 Å². The zero-order valence-electron chi connectivity index (χ0n) is 21.7. The lowest BCUT2D eigenvalue weighted by Crippen LogP contribution is -2.47. The van der Waals surface area contributed by atoms with Crippen molar-refractivity contribution in [2.45, 2.75) is 70.9 Å². The molecule has 0 spiro atoms. The summed E-state index contributed by atoms with van der Waals surface area (Å²) in [5.74, 6) is -1.97. The van der Waals surface area contributed by atoms with E-state index >= 15 is 0 Å². The zero-order valence-corrected chi connectivity index (χ0v) is 23.3. The second kappa shape index (κ2) is 12.2. The molecule has 3 atom stereocenters. The van der Waals surface area contributed by atoms with Gasteiger partial charge >= 0.3 is 11.9 Å². The minimum absolute atomic E-state index is 0.0155. The standard InChI is InChI=1S/C26H34N2O7S2/c1-6-34-25(30)21-19-13-12-16(4)14-20(19)36-24(21)27-23(29)17(5)35-26(31)22(15(2)3)28-37(32,33)18-10-8-7-9-11-18/h7-11,15-17,22,28H,6,12-14H2,1-5H3,(H,27,29)/t16-,17+,22-/m0/s1. The number of rotatable bonds is 10. The van der Waals surface area contributed by atoms with E-state index in [0.717, 1.165) is 29.7 Å². The molecular formula is C26H34N2O7S2. The highest BCUT2D eigenvalue weighted by atomic mass is 32.2. The molecule has 2 aromatic rings. The number of anilines is 1. The fraction of sp³-hybridized carbons (Fsp3) is 0.500. The number of ether oxygens (including phenoxy) is 2. The number of nitrogens with one attached hydrogen (secondary N) is 2. The molecule has 37 heavy (non-hydrogen) atoms. The number of esters is 2. The molecule has 2 N–H and O–H groups in total. The van der Waals surface area contributed by atoms with Crippen molar-refractivity contribution in [2.24, 2.45) is 11.8 Å². The van der Waals surface area contributed by atoms with Crippen molar-refractivity contribution in [1.82, 2.24) is 4.72 Å². The Hall–Kier alpha value is -2.76. The first-order valence-corrected chi connectivity index (χ1v) is 14.6. The van der Waals surface area contributed by atoms with Gasteiger partial charge in [-0.05, 0) is 62.6 Å². The summed E-state index contributed by atoms with van der Waals surface area (Å²) >= 11 is 1.34. The van der Waals surface area contributed by atoms with Crippen LogP contribution in [-0.2, 0) is 41.9 Å². The molecule has 11 heteroatoms. The van der Waals surface area contributed by atoms with Gasteiger partial charge in [0.15, 0.2) is 6.10 Å². The van der Waals surface area contributed by atoms with Crippen molar-refractivity contribution < 1.29 is 32.3 Å². The fourth-order valence-electron chi connectivity index (χ4n) is 4.06. The molecule has 1 amide bonds. The lowest BCUT2D eigenvalue weighted by Gasteiger charge is -2.23. The predicted octanol–water partition coefficient (Wildman–Crippen LogP) is 3.92. The number of fused-ring (bicyclic) bond motifs is 1. The number of sulfonamides is 1. The average Bonchev–Trinajstić information content (AvgIpc) is 3.19. The smallest absolute Gasteiger partial charge is 0.341 e. The molecule has 1 aliphatic rings. The maximum atomic E-state index is 13.0. The summed E-state index contributed by atoms with van der Waals surface area (Å²) in [5, 5.41) is 3.10. The Morgan fingerprint density at radius 1 is 1.14 bits per heavy atom. The molecule has 0 fully saturated rings. The quantitative estimate of drug-likeness (QED) is 0.429. The summed E-state index contributed by atoms with van der Waals surface area (Å²) < 4.78 is 38.5. The molecule has 1 aliphatic carbocycles. The Kier molecular flexibility index (Phi) is 9.49. The van der Waals surface area contributed by atoms with E-state index in [2.05, 4.69) is 17.0 Å². The van der Waals surface area contributed by atoms with Crippen LogP contribution in [0.2, 0.25) is 0 Å². The van der Waals surface area contributed by atoms with Gasteiger partial charge in [0.1, 0.15) is 11.0 Å². The van der Waals surface area contributed by atoms with Gasteiger partial charge in [0, 0.05) is 4.88 Å². The summed E-state index contributed by atoms with van der Waals surface area (Å²) in [6.45, 7) is 8.81. The largest absolute Gasteiger partial charge is 0.462 e. The fourth-order valence-corrected chi connectivity index (χ4v) is 6.82. The van der Waals surface area contributed by atoms with E-state index in [4.69, 9.17) is 9.47 Å². The summed E-state index contributed by atoms with van der Waals surface area (Å²) in [6.07, 6.45) is 1.24. The molecule has 0 saturated heterocycles. The maximum Gasteiger partial charge on any atom is 0.341 e. The highest BCUT2D eigenvalue weighted by Gasteiger charge is 2.33. The van der Waals surface area contributed by atoms with Gasteiger partial charge in [-0.2, -0.15) is 4.72 Å². The second-order valence-corrected chi connectivity index (χ2v) is 12.3. The number of amides is 1. The molecule has 1 aromatic carbocycles. The van der Waals surface area contributed by atoms with E-state index in [1.54, 1.807) is 39.0 Å². The molecule has 0 aliphatic heterocycles. The molecule has 3 rings (SSSR count). The Morgan fingerprint density at radius 2 is 1.81 bits per heavy atom. The number of benzene rings is 1. The van der Waals surface area contributed by atoms with Crippen LogP contribution in [0.25, 0.3) is 0 Å². The second-order valence-electron chi connectivity index (χ2n) is 9.50. The van der Waals surface area contributed by atoms with Gasteiger partial charge in [0.25, 0.3) is 5.91 Å². The minimum atomic E-state index is -3.98. The number of hydrogen-bond acceptors (Lipinski definition) is 8. The van der Waals surface area contributed by atoms with Crippen molar-refractivity contribution in [1.29, 1.82) is 0 Å². The summed E-state index contributed by atoms with van der Waals surface area (Å²) in [6, 6.07) is 6.49. The molecule has 0 unspecified atom stereocenters. The predicted molar refractivity (Wildman–Crippen MR) is 141 cm³/mol. The Morgan fingerprint density at radius 3 is 2.43 bits per heavy atom. The monoisotopic (exact) mass is 550 g/mol. The van der Waals surface area contributed by atoms with Gasteiger partial charge in [0.05, 0.1) is 17.1 Å². The normalized spacial score (nSPS) is 17.0. The first-order valence-electron chi connectivity index (χ1n) is 12.3. The lowest BCUT2D eigenvalue weighted by molar-refractivity contribution is -0.155. The van der Waals surface area contributed by atoms with Crippen LogP contribution in [-0.4, -0.2) is 45.0 Å². The van der Waals surface area contributed by atoms with Gasteiger partial charge in [0.2, 0.25) is 10.0 Å². The number of carbonyl (C=O) groups excluding carboxylic acids is 3. The van der Waals surface area contributed by atoms with Crippen molar-refractivity contribution in [3.8, 4) is 0 Å². The van der Waals surface area contributed by atoms with Crippen molar-refractivity contribution in [2.75, 3.05) is 11.9 Å². The van der Waals surface area contributed by atoms with Gasteiger partial charge in [-0.15, -0.1) is 11.3 Å². The summed E-state index contributed by atoms with van der Waals surface area (Å²) in [7, 11) is -3.98. The van der Waals surface area contributed by atoms with E-state index < -0.39 is 45.9 Å². The number of hydrogen-bond donors (Lipinski definition) is 2. The molecule has 202 valence electrons. The lowest BCUT2D eigenvalue weighted by atomic mass is 9.88. The summed E-state index contributed by atoms with van der Waals surface area (Å²) in [5.41, 5.74) is 1.26. The van der Waals surface area contributed by atoms with E-state index in [1.165, 1.54) is 30.4 Å². The third-order valence-corrected chi connectivity index (χ3v) is 8.77. The Balaban J connectivity index is 1.74. The molecule has 0 saturated carbocycles. The third-order valence-electron chi connectivity index (χ3n) is 6.15. The number of carbonyl (C=O) groups is 3. The molecule has 1 aromatic heterocycles. The van der Waals surface area contributed by atoms with Gasteiger partial charge in [-0.3, -0.25) is 9.59 Å². The molecule has 1 heterocycles. The molecule has 0 radical (unpaired) electrons. The Labute approximate surface area is 222 Å². The minimum Gasteiger partial charge on any atom is -0.462 e. The van der Waals surface area contributed by atoms with E-state index in [1.807, 2.05) is 0 Å². The van der Waals surface area contributed by atoms with Crippen LogP contribution in [0.4, 0.5) is 5.00 Å². The van der Waals surface area contributed by atoms with Gasteiger partial charge in [-0.25, -0.2) is 13.2 Å². The van der Waals surface area contributed by atoms with Crippen LogP contribution in [0.15, 0.2) is 35.2 Å². The zero-order chi connectivity index (χ0) is 27.3. The maximum absolute atomic E-state index is 13.0. The van der Waals surface area contributed by atoms with Crippen LogP contribution in [0.1, 0.15) is 61.8 Å². The highest BCUT2D eigenvalue weighted by Crippen LogP contribution is 2.40. The van der Waals surface area contributed by atoms with Crippen LogP contribution >= 0.6 is 11.3 Å². The van der Waals surface area contributed by atoms with Crippen LogP contribution in [0.3, 0.4) is 0 Å². The molecule has 0 bridgehead atoms. The molecule has 9 nitrogen and oxygen atoms in total. The SMILES string of the molecule is CCOC(=O)c1c(NC(=O)[C@@H](C)OC(=O)[C@@H](NS(=O)(=O)c2ccccc2)C(C)C)sc2c1CC[C@H](C)C2. The highest BCUT2D eigenvalue weighted by molar-refractivity contribution is 7.89. The van der Waals surface area contributed by atoms with E-state index in [-0.39, 0.29) is 11.5 Å². The van der Waals surface area contributed by atoms with Crippen LogP contribution < -0.4 is 10.0 Å². The summed E-state index contributed by atoms with van der Waals surface area (Å²) in [4.78, 5) is 39.7. The first-order chi connectivity index (χ1) is 17.4. The molecular weight excluding hydrogens is 516 g/mol. The van der Waals surface area contributed by atoms with E-state index in [9.17, 15) is 22.8 Å². The van der Waals surface area contributed by atoms with Gasteiger partial charge in [-0.1, -0.05) is 39.0 Å². The Bertz CT molecular complexity index is 1240. The topological polar surface area (TPSA) is 128 Å². The van der Waals surface area contributed by atoms with Gasteiger partial charge < -0.3 is 14.8 Å².